The zero-order chi connectivity index (χ0) is 18.9. The van der Waals surface area contributed by atoms with Crippen LogP contribution >= 0.6 is 0 Å². The number of nitrogens with zero attached hydrogens (tertiary/aromatic N) is 6. The fourth-order valence-corrected chi connectivity index (χ4v) is 5.21. The van der Waals surface area contributed by atoms with Gasteiger partial charge in [0.25, 0.3) is 0 Å². The first kappa shape index (κ1) is 17.8. The van der Waals surface area contributed by atoms with E-state index >= 15 is 0 Å². The summed E-state index contributed by atoms with van der Waals surface area (Å²) in [6, 6.07) is 3.47. The SMILES string of the molecule is O=C(NC1CCS(=O)(=O)C1)C1CCN(c2ccc(-n3cncn3)nn2)CC1. The van der Waals surface area contributed by atoms with Crippen LogP contribution in [0.15, 0.2) is 24.8 Å². The van der Waals surface area contributed by atoms with E-state index in [0.29, 0.717) is 38.2 Å². The predicted molar refractivity (Wildman–Crippen MR) is 97.1 cm³/mol. The van der Waals surface area contributed by atoms with E-state index < -0.39 is 9.84 Å². The summed E-state index contributed by atoms with van der Waals surface area (Å²) in [6.45, 7) is 1.41. The number of nitrogens with one attached hydrogen (secondary N) is 1. The summed E-state index contributed by atoms with van der Waals surface area (Å²) < 4.78 is 24.6. The van der Waals surface area contributed by atoms with Gasteiger partial charge in [0.05, 0.1) is 11.5 Å². The van der Waals surface area contributed by atoms with Crippen molar-refractivity contribution in [3.8, 4) is 5.82 Å². The van der Waals surface area contributed by atoms with E-state index in [0.717, 1.165) is 5.82 Å². The molecule has 1 unspecified atom stereocenters. The third kappa shape index (κ3) is 4.07. The van der Waals surface area contributed by atoms with Crippen molar-refractivity contribution in [2.24, 2.45) is 5.92 Å². The van der Waals surface area contributed by atoms with Gasteiger partial charge in [-0.2, -0.15) is 5.10 Å². The molecule has 2 fully saturated rings. The van der Waals surface area contributed by atoms with Gasteiger partial charge in [-0.1, -0.05) is 0 Å². The van der Waals surface area contributed by atoms with Crippen LogP contribution in [-0.2, 0) is 14.6 Å². The van der Waals surface area contributed by atoms with Gasteiger partial charge in [-0.25, -0.2) is 18.1 Å². The first-order chi connectivity index (χ1) is 13.0. The van der Waals surface area contributed by atoms with Crippen molar-refractivity contribution in [2.75, 3.05) is 29.5 Å². The fraction of sp³-hybridized carbons (Fsp3) is 0.562. The number of sulfone groups is 1. The van der Waals surface area contributed by atoms with Crippen LogP contribution < -0.4 is 10.2 Å². The van der Waals surface area contributed by atoms with Crippen molar-refractivity contribution >= 4 is 21.6 Å². The minimum absolute atomic E-state index is 0.0376. The molecule has 0 spiro atoms. The third-order valence-electron chi connectivity index (χ3n) is 5.06. The summed E-state index contributed by atoms with van der Waals surface area (Å²) in [6.07, 6.45) is 4.92. The molecule has 1 atom stereocenters. The van der Waals surface area contributed by atoms with Gasteiger partial charge in [-0.3, -0.25) is 4.79 Å². The first-order valence-corrected chi connectivity index (χ1v) is 10.8. The van der Waals surface area contributed by atoms with E-state index in [-0.39, 0.29) is 29.4 Å². The molecule has 11 heteroatoms. The smallest absolute Gasteiger partial charge is 0.223 e. The third-order valence-corrected chi connectivity index (χ3v) is 6.83. The van der Waals surface area contributed by atoms with Gasteiger partial charge >= 0.3 is 0 Å². The van der Waals surface area contributed by atoms with Gasteiger partial charge < -0.3 is 10.2 Å². The Balaban J connectivity index is 1.30. The van der Waals surface area contributed by atoms with Crippen LogP contribution in [0.2, 0.25) is 0 Å². The molecule has 0 radical (unpaired) electrons. The van der Waals surface area contributed by atoms with E-state index in [9.17, 15) is 13.2 Å². The van der Waals surface area contributed by atoms with Crippen molar-refractivity contribution in [1.82, 2.24) is 30.3 Å². The Kier molecular flexibility index (Phi) is 4.77. The zero-order valence-electron chi connectivity index (χ0n) is 14.7. The molecule has 2 aliphatic heterocycles. The van der Waals surface area contributed by atoms with Crippen LogP contribution in [0, 0.1) is 5.92 Å². The Morgan fingerprint density at radius 3 is 2.44 bits per heavy atom. The lowest BCUT2D eigenvalue weighted by Crippen LogP contribution is -2.44. The highest BCUT2D eigenvalue weighted by atomic mass is 32.2. The molecule has 0 bridgehead atoms. The van der Waals surface area contributed by atoms with E-state index in [1.807, 2.05) is 12.1 Å². The molecule has 27 heavy (non-hydrogen) atoms. The fourth-order valence-electron chi connectivity index (χ4n) is 3.53. The average molecular weight is 391 g/mol. The molecule has 2 aliphatic rings. The Bertz CT molecular complexity index is 891. The highest BCUT2D eigenvalue weighted by Crippen LogP contribution is 2.22. The molecule has 0 saturated carbocycles. The topological polar surface area (TPSA) is 123 Å². The van der Waals surface area contributed by atoms with Crippen molar-refractivity contribution in [1.29, 1.82) is 0 Å². The van der Waals surface area contributed by atoms with Crippen LogP contribution in [0.4, 0.5) is 5.82 Å². The van der Waals surface area contributed by atoms with Crippen molar-refractivity contribution in [3.05, 3.63) is 24.8 Å². The number of carbonyl (C=O) groups is 1. The average Bonchev–Trinajstić information content (AvgIpc) is 3.32. The number of hydrogen-bond donors (Lipinski definition) is 1. The summed E-state index contributed by atoms with van der Waals surface area (Å²) in [5.74, 6) is 1.46. The van der Waals surface area contributed by atoms with Crippen molar-refractivity contribution < 1.29 is 13.2 Å². The molecule has 2 saturated heterocycles. The number of anilines is 1. The molecule has 2 aromatic heterocycles. The van der Waals surface area contributed by atoms with Gasteiger partial charge in [-0.05, 0) is 31.4 Å². The molecular weight excluding hydrogens is 370 g/mol. The van der Waals surface area contributed by atoms with E-state index in [4.69, 9.17) is 0 Å². The van der Waals surface area contributed by atoms with Gasteiger partial charge in [-0.15, -0.1) is 10.2 Å². The van der Waals surface area contributed by atoms with Gasteiger partial charge in [0.1, 0.15) is 12.7 Å². The maximum atomic E-state index is 12.4. The van der Waals surface area contributed by atoms with Crippen LogP contribution in [0.3, 0.4) is 0 Å². The molecule has 0 aromatic carbocycles. The second-order valence-corrected chi connectivity index (χ2v) is 9.19. The van der Waals surface area contributed by atoms with E-state index in [1.165, 1.54) is 11.0 Å². The number of aromatic nitrogens is 5. The minimum atomic E-state index is -2.98. The molecular formula is C16H21N7O3S. The Hall–Kier alpha value is -2.56. The van der Waals surface area contributed by atoms with Gasteiger partial charge in [0.2, 0.25) is 5.91 Å². The van der Waals surface area contributed by atoms with Gasteiger partial charge in [0.15, 0.2) is 21.5 Å². The van der Waals surface area contributed by atoms with Crippen LogP contribution in [0.25, 0.3) is 5.82 Å². The van der Waals surface area contributed by atoms with Crippen LogP contribution in [0.1, 0.15) is 19.3 Å². The first-order valence-electron chi connectivity index (χ1n) is 8.95. The minimum Gasteiger partial charge on any atom is -0.355 e. The maximum Gasteiger partial charge on any atom is 0.223 e. The summed E-state index contributed by atoms with van der Waals surface area (Å²) in [4.78, 5) is 18.4. The molecule has 144 valence electrons. The maximum absolute atomic E-state index is 12.4. The molecule has 1 N–H and O–H groups in total. The second kappa shape index (κ2) is 7.22. The van der Waals surface area contributed by atoms with Crippen LogP contribution in [0.5, 0.6) is 0 Å². The molecule has 2 aromatic rings. The second-order valence-electron chi connectivity index (χ2n) is 6.96. The normalized spacial score (nSPS) is 22.7. The Labute approximate surface area is 156 Å². The largest absolute Gasteiger partial charge is 0.355 e. The van der Waals surface area contributed by atoms with Crippen molar-refractivity contribution in [3.63, 3.8) is 0 Å². The highest BCUT2D eigenvalue weighted by Gasteiger charge is 2.32. The summed E-state index contributed by atoms with van der Waals surface area (Å²) in [5, 5.41) is 15.3. The Morgan fingerprint density at radius 2 is 1.85 bits per heavy atom. The highest BCUT2D eigenvalue weighted by molar-refractivity contribution is 7.91. The quantitative estimate of drug-likeness (QED) is 0.745. The number of hydrogen-bond acceptors (Lipinski definition) is 8. The van der Waals surface area contributed by atoms with Crippen molar-refractivity contribution in [2.45, 2.75) is 25.3 Å². The lowest BCUT2D eigenvalue weighted by atomic mass is 9.95. The molecule has 4 heterocycles. The van der Waals surface area contributed by atoms with Gasteiger partial charge in [0, 0.05) is 25.0 Å². The molecule has 0 aliphatic carbocycles. The number of rotatable bonds is 4. The number of carbonyl (C=O) groups excluding carboxylic acids is 1. The summed E-state index contributed by atoms with van der Waals surface area (Å²) >= 11 is 0. The summed E-state index contributed by atoms with van der Waals surface area (Å²) in [7, 11) is -2.98. The van der Waals surface area contributed by atoms with E-state index in [2.05, 4.69) is 30.5 Å². The standard InChI is InChI=1S/C16H21N7O3S/c24-16(19-13-5-8-27(25,26)9-13)12-3-6-22(7-4-12)14-1-2-15(21-20-14)23-11-17-10-18-23/h1-2,10-13H,3-9H2,(H,19,24). The molecule has 10 nitrogen and oxygen atoms in total. The van der Waals surface area contributed by atoms with Crippen LogP contribution in [-0.4, -0.2) is 69.9 Å². The number of piperidine rings is 1. The lowest BCUT2D eigenvalue weighted by Gasteiger charge is -2.32. The predicted octanol–water partition coefficient (Wildman–Crippen LogP) is -0.423. The Morgan fingerprint density at radius 1 is 1.11 bits per heavy atom. The van der Waals surface area contributed by atoms with E-state index in [1.54, 1.807) is 6.33 Å². The monoisotopic (exact) mass is 391 g/mol. The molecule has 1 amide bonds. The lowest BCUT2D eigenvalue weighted by molar-refractivity contribution is -0.126. The number of amides is 1. The summed E-state index contributed by atoms with van der Waals surface area (Å²) in [5.41, 5.74) is 0. The zero-order valence-corrected chi connectivity index (χ0v) is 15.5. The molecule has 4 rings (SSSR count).